The Morgan fingerprint density at radius 1 is 1.21 bits per heavy atom. The van der Waals surface area contributed by atoms with Gasteiger partial charge < -0.3 is 10.1 Å². The molecule has 0 unspecified atom stereocenters. The fourth-order valence-corrected chi connectivity index (χ4v) is 3.30. The van der Waals surface area contributed by atoms with Crippen LogP contribution in [-0.2, 0) is 6.54 Å². The molecule has 0 atom stereocenters. The summed E-state index contributed by atoms with van der Waals surface area (Å²) in [5, 5.41) is 5.58. The zero-order valence-electron chi connectivity index (χ0n) is 13.1. The zero-order chi connectivity index (χ0) is 16.4. The lowest BCUT2D eigenvalue weighted by molar-refractivity contribution is 0.414. The van der Waals surface area contributed by atoms with Gasteiger partial charge in [-0.25, -0.2) is 4.98 Å². The average molecular weight is 336 g/mol. The first-order valence-corrected chi connectivity index (χ1v) is 8.46. The van der Waals surface area contributed by atoms with Crippen LogP contribution < -0.4 is 10.1 Å². The third kappa shape index (κ3) is 2.72. The highest BCUT2D eigenvalue weighted by Crippen LogP contribution is 2.32. The van der Waals surface area contributed by atoms with Gasteiger partial charge in [-0.15, -0.1) is 11.3 Å². The number of fused-ring (bicyclic) bond motifs is 1. The molecular formula is C18H16N4OS. The van der Waals surface area contributed by atoms with Gasteiger partial charge in [-0.1, -0.05) is 18.2 Å². The maximum absolute atomic E-state index is 5.21. The van der Waals surface area contributed by atoms with Crippen molar-refractivity contribution in [2.45, 2.75) is 6.54 Å². The summed E-state index contributed by atoms with van der Waals surface area (Å²) in [5.41, 5.74) is 2.96. The van der Waals surface area contributed by atoms with Crippen molar-refractivity contribution in [3.8, 4) is 16.3 Å². The minimum absolute atomic E-state index is 0.707. The molecule has 1 aromatic carbocycles. The molecule has 4 aromatic rings. The zero-order valence-corrected chi connectivity index (χ0v) is 14.0. The van der Waals surface area contributed by atoms with E-state index in [1.807, 2.05) is 28.8 Å². The van der Waals surface area contributed by atoms with Gasteiger partial charge in [0.1, 0.15) is 17.3 Å². The van der Waals surface area contributed by atoms with Gasteiger partial charge in [0.05, 0.1) is 18.2 Å². The summed E-state index contributed by atoms with van der Waals surface area (Å²) in [6, 6.07) is 12.2. The van der Waals surface area contributed by atoms with Crippen molar-refractivity contribution >= 4 is 22.8 Å². The highest BCUT2D eigenvalue weighted by Gasteiger charge is 2.14. The van der Waals surface area contributed by atoms with Crippen molar-refractivity contribution in [2.24, 2.45) is 0 Å². The van der Waals surface area contributed by atoms with E-state index < -0.39 is 0 Å². The van der Waals surface area contributed by atoms with Crippen LogP contribution in [0.4, 0.5) is 5.82 Å². The molecule has 0 fully saturated rings. The van der Waals surface area contributed by atoms with E-state index in [0.717, 1.165) is 27.8 Å². The van der Waals surface area contributed by atoms with Gasteiger partial charge in [0.25, 0.3) is 0 Å². The lowest BCUT2D eigenvalue weighted by Crippen LogP contribution is -2.03. The second-order valence-electron chi connectivity index (χ2n) is 5.29. The lowest BCUT2D eigenvalue weighted by atomic mass is 10.2. The molecule has 0 saturated heterocycles. The summed E-state index contributed by atoms with van der Waals surface area (Å²) in [5.74, 6) is 1.84. The van der Waals surface area contributed by atoms with Gasteiger partial charge in [-0.05, 0) is 29.1 Å². The molecule has 0 radical (unpaired) electrons. The molecule has 0 aliphatic carbocycles. The number of anilines is 1. The quantitative estimate of drug-likeness (QED) is 0.597. The minimum atomic E-state index is 0.707. The Labute approximate surface area is 143 Å². The molecule has 0 saturated carbocycles. The number of nitrogens with one attached hydrogen (secondary N) is 1. The molecule has 0 aliphatic heterocycles. The van der Waals surface area contributed by atoms with Crippen molar-refractivity contribution in [3.05, 3.63) is 65.9 Å². The Bertz CT molecular complexity index is 945. The van der Waals surface area contributed by atoms with E-state index in [-0.39, 0.29) is 0 Å². The van der Waals surface area contributed by atoms with Crippen LogP contribution in [0, 0.1) is 0 Å². The number of hydrogen-bond donors (Lipinski definition) is 1. The van der Waals surface area contributed by atoms with Crippen LogP contribution in [0.2, 0.25) is 0 Å². The average Bonchev–Trinajstić information content (AvgIpc) is 3.28. The lowest BCUT2D eigenvalue weighted by Gasteiger charge is -2.09. The van der Waals surface area contributed by atoms with Crippen molar-refractivity contribution in [3.63, 3.8) is 0 Å². The number of ether oxygens (including phenoxy) is 1. The largest absolute Gasteiger partial charge is 0.497 e. The first kappa shape index (κ1) is 14.7. The Kier molecular flexibility index (Phi) is 3.88. The number of rotatable bonds is 5. The van der Waals surface area contributed by atoms with Crippen molar-refractivity contribution in [2.75, 3.05) is 12.4 Å². The molecular weight excluding hydrogens is 320 g/mol. The van der Waals surface area contributed by atoms with Gasteiger partial charge in [0, 0.05) is 18.9 Å². The van der Waals surface area contributed by atoms with Crippen LogP contribution in [-0.4, -0.2) is 21.5 Å². The van der Waals surface area contributed by atoms with Gasteiger partial charge in [-0.3, -0.25) is 9.38 Å². The maximum atomic E-state index is 5.21. The molecule has 5 nitrogen and oxygen atoms in total. The van der Waals surface area contributed by atoms with E-state index in [2.05, 4.69) is 33.9 Å². The van der Waals surface area contributed by atoms with Gasteiger partial charge in [0.15, 0.2) is 5.65 Å². The summed E-state index contributed by atoms with van der Waals surface area (Å²) < 4.78 is 7.24. The normalized spacial score (nSPS) is 10.9. The Balaban J connectivity index is 1.68. The summed E-state index contributed by atoms with van der Waals surface area (Å²) in [7, 11) is 1.67. The number of nitrogens with zero attached hydrogens (tertiary/aromatic N) is 3. The number of aromatic nitrogens is 3. The molecule has 0 bridgehead atoms. The number of benzene rings is 1. The van der Waals surface area contributed by atoms with E-state index in [4.69, 9.17) is 9.72 Å². The van der Waals surface area contributed by atoms with Gasteiger partial charge >= 0.3 is 0 Å². The molecule has 0 aliphatic rings. The fraction of sp³-hybridized carbons (Fsp3) is 0.111. The number of thiophene rings is 1. The number of methoxy groups -OCH3 is 1. The maximum Gasteiger partial charge on any atom is 0.157 e. The molecule has 3 heterocycles. The van der Waals surface area contributed by atoms with Crippen molar-refractivity contribution in [1.82, 2.24) is 14.4 Å². The molecule has 3 aromatic heterocycles. The monoisotopic (exact) mass is 336 g/mol. The SMILES string of the molecule is COc1ccc(CNc2c(-c3cccs3)nc3cnccn23)cc1. The predicted octanol–water partition coefficient (Wildman–Crippen LogP) is 4.08. The summed E-state index contributed by atoms with van der Waals surface area (Å²) in [6.45, 7) is 0.707. The smallest absolute Gasteiger partial charge is 0.157 e. The van der Waals surface area contributed by atoms with Crippen LogP contribution in [0.25, 0.3) is 16.2 Å². The van der Waals surface area contributed by atoms with Gasteiger partial charge in [0.2, 0.25) is 0 Å². The minimum Gasteiger partial charge on any atom is -0.497 e. The Morgan fingerprint density at radius 2 is 2.08 bits per heavy atom. The molecule has 6 heteroatoms. The molecule has 120 valence electrons. The standard InChI is InChI=1S/C18H16N4OS/c1-23-14-6-4-13(5-7-14)11-20-18-17(15-3-2-10-24-15)21-16-12-19-8-9-22(16)18/h2-10,12,20H,11H2,1H3. The molecule has 1 N–H and O–H groups in total. The van der Waals surface area contributed by atoms with Crippen LogP contribution in [0.5, 0.6) is 5.75 Å². The third-order valence-electron chi connectivity index (χ3n) is 3.80. The fourth-order valence-electron chi connectivity index (χ4n) is 2.59. The molecule has 0 spiro atoms. The third-order valence-corrected chi connectivity index (χ3v) is 4.68. The molecule has 4 rings (SSSR count). The highest BCUT2D eigenvalue weighted by atomic mass is 32.1. The van der Waals surface area contributed by atoms with Crippen molar-refractivity contribution in [1.29, 1.82) is 0 Å². The van der Waals surface area contributed by atoms with Crippen molar-refractivity contribution < 1.29 is 4.74 Å². The second kappa shape index (κ2) is 6.33. The van der Waals surface area contributed by atoms with E-state index in [1.54, 1.807) is 30.8 Å². The first-order valence-electron chi connectivity index (χ1n) is 7.58. The summed E-state index contributed by atoms with van der Waals surface area (Å²) in [4.78, 5) is 10.0. The summed E-state index contributed by atoms with van der Waals surface area (Å²) in [6.07, 6.45) is 5.47. The van der Waals surface area contributed by atoms with Crippen LogP contribution in [0.3, 0.4) is 0 Å². The van der Waals surface area contributed by atoms with E-state index in [1.165, 1.54) is 5.56 Å². The highest BCUT2D eigenvalue weighted by molar-refractivity contribution is 7.13. The van der Waals surface area contributed by atoms with E-state index in [9.17, 15) is 0 Å². The topological polar surface area (TPSA) is 51.5 Å². The van der Waals surface area contributed by atoms with Crippen LogP contribution >= 0.6 is 11.3 Å². The Morgan fingerprint density at radius 3 is 2.83 bits per heavy atom. The number of hydrogen-bond acceptors (Lipinski definition) is 5. The van der Waals surface area contributed by atoms with Gasteiger partial charge in [-0.2, -0.15) is 0 Å². The van der Waals surface area contributed by atoms with E-state index in [0.29, 0.717) is 6.54 Å². The predicted molar refractivity (Wildman–Crippen MR) is 96.6 cm³/mol. The number of imidazole rings is 1. The second-order valence-corrected chi connectivity index (χ2v) is 6.24. The van der Waals surface area contributed by atoms with Crippen LogP contribution in [0.15, 0.2) is 60.4 Å². The van der Waals surface area contributed by atoms with Crippen LogP contribution in [0.1, 0.15) is 5.56 Å². The summed E-state index contributed by atoms with van der Waals surface area (Å²) >= 11 is 1.68. The molecule has 24 heavy (non-hydrogen) atoms. The first-order chi connectivity index (χ1) is 11.8. The Hall–Kier alpha value is -2.86. The van der Waals surface area contributed by atoms with E-state index >= 15 is 0 Å². The molecule has 0 amide bonds.